The van der Waals surface area contributed by atoms with E-state index in [1.54, 1.807) is 18.2 Å². The Morgan fingerprint density at radius 2 is 1.47 bits per heavy atom. The van der Waals surface area contributed by atoms with Crippen molar-refractivity contribution in [3.05, 3.63) is 30.3 Å². The summed E-state index contributed by atoms with van der Waals surface area (Å²) in [6, 6.07) is 7.50. The topological polar surface area (TPSA) is 75.7 Å². The predicted molar refractivity (Wildman–Crippen MR) is 65.0 cm³/mol. The average molecular weight is 290 g/mol. The van der Waals surface area contributed by atoms with Gasteiger partial charge in [-0.05, 0) is 35.0 Å². The zero-order chi connectivity index (χ0) is 13.3. The number of ether oxygens (including phenoxy) is 2. The van der Waals surface area contributed by atoms with Crippen molar-refractivity contribution in [1.82, 2.24) is 0 Å². The van der Waals surface area contributed by atoms with Gasteiger partial charge >= 0.3 is 29.6 Å². The van der Waals surface area contributed by atoms with E-state index in [1.807, 2.05) is 0 Å². The standard InChI is InChI=1S/C12H12O5S.Na/c1-16-11-6-8-3-4-10(18(13,14)15)5-9(8)7-12(11)17-2;/h3-7H,1-2H3,(H,13,14,15);/q;+1/p-1. The normalized spacial score (nSPS) is 10.9. The summed E-state index contributed by atoms with van der Waals surface area (Å²) in [5.41, 5.74) is 0. The van der Waals surface area contributed by atoms with Crippen molar-refractivity contribution in [2.45, 2.75) is 4.90 Å². The fourth-order valence-electron chi connectivity index (χ4n) is 1.71. The Hall–Kier alpha value is -0.790. The van der Waals surface area contributed by atoms with Gasteiger partial charge in [0.2, 0.25) is 0 Å². The molecule has 0 heterocycles. The maximum Gasteiger partial charge on any atom is 1.00 e. The quantitative estimate of drug-likeness (QED) is 0.522. The molecule has 2 rings (SSSR count). The van der Waals surface area contributed by atoms with Crippen LogP contribution in [0.3, 0.4) is 0 Å². The van der Waals surface area contributed by atoms with E-state index in [-0.39, 0.29) is 34.5 Å². The molecule has 0 saturated carbocycles. The van der Waals surface area contributed by atoms with Gasteiger partial charge in [-0.2, -0.15) is 0 Å². The maximum atomic E-state index is 10.9. The number of hydrogen-bond donors (Lipinski definition) is 0. The summed E-state index contributed by atoms with van der Waals surface area (Å²) in [6.07, 6.45) is 0. The second kappa shape index (κ2) is 6.11. The van der Waals surface area contributed by atoms with Gasteiger partial charge in [0.15, 0.2) is 11.5 Å². The Balaban J connectivity index is 0.00000180. The van der Waals surface area contributed by atoms with Crippen LogP contribution in [0.15, 0.2) is 35.2 Å². The second-order valence-electron chi connectivity index (χ2n) is 3.67. The number of methoxy groups -OCH3 is 2. The predicted octanol–water partition coefficient (Wildman–Crippen LogP) is -1.23. The average Bonchev–Trinajstić information content (AvgIpc) is 2.35. The van der Waals surface area contributed by atoms with Crippen LogP contribution >= 0.6 is 0 Å². The van der Waals surface area contributed by atoms with Crippen LogP contribution in [0.25, 0.3) is 10.8 Å². The Kier molecular flexibility index (Phi) is 5.23. The smallest absolute Gasteiger partial charge is 0.744 e. The first-order chi connectivity index (χ1) is 8.45. The third kappa shape index (κ3) is 3.40. The summed E-state index contributed by atoms with van der Waals surface area (Å²) in [4.78, 5) is -0.262. The first-order valence-corrected chi connectivity index (χ1v) is 6.48. The Bertz CT molecular complexity index is 697. The van der Waals surface area contributed by atoms with E-state index in [2.05, 4.69) is 0 Å². The van der Waals surface area contributed by atoms with E-state index in [0.29, 0.717) is 16.9 Å². The zero-order valence-electron chi connectivity index (χ0n) is 10.8. The summed E-state index contributed by atoms with van der Waals surface area (Å²) in [5, 5.41) is 1.37. The summed E-state index contributed by atoms with van der Waals surface area (Å²) in [5.74, 6) is 1.02. The van der Waals surface area contributed by atoms with Gasteiger partial charge in [-0.3, -0.25) is 0 Å². The minimum absolute atomic E-state index is 0. The van der Waals surface area contributed by atoms with E-state index in [0.717, 1.165) is 5.39 Å². The molecular formula is C12H11NaO5S. The second-order valence-corrected chi connectivity index (χ2v) is 5.05. The molecule has 0 atom stereocenters. The van der Waals surface area contributed by atoms with Crippen LogP contribution in [0.4, 0.5) is 0 Å². The molecule has 5 nitrogen and oxygen atoms in total. The van der Waals surface area contributed by atoms with Gasteiger partial charge in [-0.15, -0.1) is 0 Å². The van der Waals surface area contributed by atoms with Crippen LogP contribution in [-0.2, 0) is 10.1 Å². The molecule has 0 radical (unpaired) electrons. The van der Waals surface area contributed by atoms with E-state index in [1.165, 1.54) is 26.4 Å². The molecule has 0 bridgehead atoms. The minimum Gasteiger partial charge on any atom is -0.744 e. The molecule has 0 aliphatic rings. The van der Waals surface area contributed by atoms with Gasteiger partial charge < -0.3 is 14.0 Å². The van der Waals surface area contributed by atoms with Gasteiger partial charge in [0.05, 0.1) is 19.1 Å². The van der Waals surface area contributed by atoms with Crippen LogP contribution in [0.1, 0.15) is 0 Å². The minimum atomic E-state index is -4.45. The van der Waals surface area contributed by atoms with Crippen molar-refractivity contribution in [2.24, 2.45) is 0 Å². The summed E-state index contributed by atoms with van der Waals surface area (Å²) in [6.45, 7) is 0. The first kappa shape index (κ1) is 16.3. The van der Waals surface area contributed by atoms with Crippen molar-refractivity contribution < 1.29 is 52.0 Å². The van der Waals surface area contributed by atoms with Gasteiger partial charge in [-0.25, -0.2) is 8.42 Å². The van der Waals surface area contributed by atoms with Crippen molar-refractivity contribution in [2.75, 3.05) is 14.2 Å². The van der Waals surface area contributed by atoms with Gasteiger partial charge in [0.25, 0.3) is 0 Å². The van der Waals surface area contributed by atoms with Crippen LogP contribution in [0.2, 0.25) is 0 Å². The number of rotatable bonds is 3. The molecule has 0 amide bonds. The van der Waals surface area contributed by atoms with E-state index in [9.17, 15) is 13.0 Å². The van der Waals surface area contributed by atoms with Crippen molar-refractivity contribution in [1.29, 1.82) is 0 Å². The number of benzene rings is 2. The molecule has 2 aromatic rings. The summed E-state index contributed by atoms with van der Waals surface area (Å²) >= 11 is 0. The fourth-order valence-corrected chi connectivity index (χ4v) is 2.21. The van der Waals surface area contributed by atoms with Crippen molar-refractivity contribution in [3.8, 4) is 11.5 Å². The molecule has 0 aliphatic carbocycles. The molecule has 0 unspecified atom stereocenters. The van der Waals surface area contributed by atoms with Gasteiger partial charge in [0, 0.05) is 0 Å². The Labute approximate surface area is 133 Å². The largest absolute Gasteiger partial charge is 1.00 e. The molecule has 2 aromatic carbocycles. The molecule has 0 fully saturated rings. The Morgan fingerprint density at radius 3 is 1.95 bits per heavy atom. The molecule has 19 heavy (non-hydrogen) atoms. The molecule has 0 spiro atoms. The van der Waals surface area contributed by atoms with Crippen molar-refractivity contribution in [3.63, 3.8) is 0 Å². The third-order valence-corrected chi connectivity index (χ3v) is 3.43. The van der Waals surface area contributed by atoms with Crippen molar-refractivity contribution >= 4 is 20.9 Å². The van der Waals surface area contributed by atoms with Gasteiger partial charge in [-0.1, -0.05) is 6.07 Å². The molecule has 96 valence electrons. The van der Waals surface area contributed by atoms with Crippen LogP contribution in [0, 0.1) is 0 Å². The van der Waals surface area contributed by atoms with Crippen LogP contribution in [0.5, 0.6) is 11.5 Å². The third-order valence-electron chi connectivity index (χ3n) is 2.60. The molecule has 0 aliphatic heterocycles. The monoisotopic (exact) mass is 290 g/mol. The zero-order valence-corrected chi connectivity index (χ0v) is 13.7. The molecular weight excluding hydrogens is 279 g/mol. The van der Waals surface area contributed by atoms with E-state index < -0.39 is 10.1 Å². The molecule has 7 heteroatoms. The summed E-state index contributed by atoms with van der Waals surface area (Å²) < 4.78 is 43.1. The molecule has 0 N–H and O–H groups in total. The first-order valence-electron chi connectivity index (χ1n) is 5.07. The maximum absolute atomic E-state index is 10.9. The van der Waals surface area contributed by atoms with E-state index in [4.69, 9.17) is 9.47 Å². The van der Waals surface area contributed by atoms with Crippen LogP contribution in [-0.4, -0.2) is 27.2 Å². The molecule has 0 saturated heterocycles. The number of hydrogen-bond acceptors (Lipinski definition) is 5. The molecule has 0 aromatic heterocycles. The van der Waals surface area contributed by atoms with Crippen LogP contribution < -0.4 is 39.0 Å². The van der Waals surface area contributed by atoms with Gasteiger partial charge in [0.1, 0.15) is 10.1 Å². The Morgan fingerprint density at radius 1 is 0.947 bits per heavy atom. The number of fused-ring (bicyclic) bond motifs is 1. The fraction of sp³-hybridized carbons (Fsp3) is 0.167. The SMILES string of the molecule is COc1cc2ccc(S(=O)(=O)[O-])cc2cc1OC.[Na+]. The summed E-state index contributed by atoms with van der Waals surface area (Å²) in [7, 11) is -1.45. The van der Waals surface area contributed by atoms with E-state index >= 15 is 0 Å².